The Morgan fingerprint density at radius 1 is 1.86 bits per heavy atom. The summed E-state index contributed by atoms with van der Waals surface area (Å²) in [7, 11) is 0. The maximum absolute atomic E-state index is 5.37. The van der Waals surface area contributed by atoms with Crippen molar-refractivity contribution in [2.45, 2.75) is 10.8 Å². The number of halogens is 1. The summed E-state index contributed by atoms with van der Waals surface area (Å²) in [6.07, 6.45) is 0. The molecule has 1 fully saturated rings. The summed E-state index contributed by atoms with van der Waals surface area (Å²) in [5.41, 5.74) is 5.37. The van der Waals surface area contributed by atoms with Crippen LogP contribution < -0.4 is 5.73 Å². The molecule has 0 aliphatic carbocycles. The quantitative estimate of drug-likeness (QED) is 0.534. The summed E-state index contributed by atoms with van der Waals surface area (Å²) in [5, 5.41) is 0. The number of rotatable bonds is 2. The molecule has 0 radical (unpaired) electrons. The third-order valence-corrected chi connectivity index (χ3v) is 7.96. The van der Waals surface area contributed by atoms with Crippen LogP contribution >= 0.6 is 19.8 Å². The van der Waals surface area contributed by atoms with Crippen LogP contribution in [-0.4, -0.2) is 19.3 Å². The van der Waals surface area contributed by atoms with E-state index >= 15 is 0 Å². The molecule has 44 valence electrons. The van der Waals surface area contributed by atoms with Crippen molar-refractivity contribution in [1.29, 1.82) is 0 Å². The van der Waals surface area contributed by atoms with Gasteiger partial charge in [0.2, 0.25) is 0 Å². The first kappa shape index (κ1) is 5.82. The van der Waals surface area contributed by atoms with Crippen molar-refractivity contribution in [2.24, 2.45) is 5.73 Å². The standard InChI is InChI=1S/C5H12IN/c1-5-4-6(5)2-3-7/h5H,2-4,7H2,1H3. The molecule has 1 aliphatic rings. The topological polar surface area (TPSA) is 26.0 Å². The SMILES string of the molecule is CC1CI1CCN. The van der Waals surface area contributed by atoms with Crippen LogP contribution in [0.25, 0.3) is 0 Å². The van der Waals surface area contributed by atoms with Crippen LogP contribution in [-0.2, 0) is 0 Å². The second kappa shape index (κ2) is 2.31. The molecular formula is C5H12IN. The molecule has 0 spiro atoms. The van der Waals surface area contributed by atoms with Crippen molar-refractivity contribution in [3.05, 3.63) is 0 Å². The van der Waals surface area contributed by atoms with Gasteiger partial charge in [0.05, 0.1) is 0 Å². The molecule has 1 saturated heterocycles. The fourth-order valence-electron chi connectivity index (χ4n) is 0.643. The zero-order valence-electron chi connectivity index (χ0n) is 4.65. The van der Waals surface area contributed by atoms with E-state index in [0.29, 0.717) is 0 Å². The summed E-state index contributed by atoms with van der Waals surface area (Å²) >= 11 is -0.284. The first-order valence-corrected chi connectivity index (χ1v) is 6.94. The van der Waals surface area contributed by atoms with Crippen molar-refractivity contribution in [3.8, 4) is 0 Å². The van der Waals surface area contributed by atoms with Gasteiger partial charge in [-0.05, 0) is 0 Å². The van der Waals surface area contributed by atoms with Crippen molar-refractivity contribution >= 4 is 19.8 Å². The molecule has 1 rings (SSSR count). The Balaban J connectivity index is 1.98. The van der Waals surface area contributed by atoms with Gasteiger partial charge in [-0.1, -0.05) is 0 Å². The molecule has 1 nitrogen and oxygen atoms in total. The van der Waals surface area contributed by atoms with Gasteiger partial charge in [0.1, 0.15) is 0 Å². The molecule has 1 heterocycles. The van der Waals surface area contributed by atoms with E-state index in [4.69, 9.17) is 5.73 Å². The van der Waals surface area contributed by atoms with Crippen LogP contribution in [0.2, 0.25) is 0 Å². The molecule has 2 heteroatoms. The Kier molecular flexibility index (Phi) is 1.92. The Labute approximate surface area is 52.0 Å². The van der Waals surface area contributed by atoms with E-state index in [1.54, 1.807) is 4.43 Å². The molecule has 0 aromatic rings. The molecule has 1 aliphatic heterocycles. The first-order valence-electron chi connectivity index (χ1n) is 2.65. The van der Waals surface area contributed by atoms with Crippen molar-refractivity contribution in [3.63, 3.8) is 0 Å². The molecule has 0 aromatic heterocycles. The Hall–Kier alpha value is 0.690. The van der Waals surface area contributed by atoms with Crippen molar-refractivity contribution < 1.29 is 0 Å². The number of hydrogen-bond acceptors (Lipinski definition) is 1. The van der Waals surface area contributed by atoms with E-state index in [2.05, 4.69) is 6.92 Å². The molecule has 0 aromatic carbocycles. The minimum absolute atomic E-state index is 0.284. The van der Waals surface area contributed by atoms with Gasteiger partial charge in [-0.3, -0.25) is 0 Å². The summed E-state index contributed by atoms with van der Waals surface area (Å²) in [5.74, 6) is 0. The summed E-state index contributed by atoms with van der Waals surface area (Å²) in [6.45, 7) is 3.32. The predicted octanol–water partition coefficient (Wildman–Crippen LogP) is 0.854. The molecule has 1 atom stereocenters. The molecular weight excluding hydrogens is 201 g/mol. The zero-order valence-corrected chi connectivity index (χ0v) is 6.81. The normalized spacial score (nSPS) is 33.4. The van der Waals surface area contributed by atoms with Crippen LogP contribution in [0.5, 0.6) is 0 Å². The Morgan fingerprint density at radius 3 is 2.57 bits per heavy atom. The van der Waals surface area contributed by atoms with E-state index in [1.807, 2.05) is 0 Å². The average Bonchev–Trinajstić information content (AvgIpc) is 2.22. The van der Waals surface area contributed by atoms with Gasteiger partial charge in [-0.15, -0.1) is 0 Å². The maximum atomic E-state index is 5.37. The number of hydrogen-bond donors (Lipinski definition) is 1. The Morgan fingerprint density at radius 2 is 2.43 bits per heavy atom. The Bertz CT molecular complexity index is 65.1. The van der Waals surface area contributed by atoms with Gasteiger partial charge in [0.15, 0.2) is 0 Å². The molecule has 0 saturated carbocycles. The fraction of sp³-hybridized carbons (Fsp3) is 1.00. The minimum atomic E-state index is -0.284. The van der Waals surface area contributed by atoms with Gasteiger partial charge in [0, 0.05) is 0 Å². The van der Waals surface area contributed by atoms with E-state index in [1.165, 1.54) is 4.43 Å². The molecule has 0 amide bonds. The van der Waals surface area contributed by atoms with Crippen LogP contribution in [0.3, 0.4) is 0 Å². The van der Waals surface area contributed by atoms with Gasteiger partial charge in [-0.25, -0.2) is 0 Å². The van der Waals surface area contributed by atoms with Crippen molar-refractivity contribution in [1.82, 2.24) is 0 Å². The predicted molar refractivity (Wildman–Crippen MR) is 42.3 cm³/mol. The molecule has 2 N–H and O–H groups in total. The van der Waals surface area contributed by atoms with Crippen LogP contribution in [0.15, 0.2) is 0 Å². The second-order valence-electron chi connectivity index (χ2n) is 1.91. The number of nitrogens with two attached hydrogens (primary N) is 1. The van der Waals surface area contributed by atoms with E-state index in [0.717, 1.165) is 10.5 Å². The van der Waals surface area contributed by atoms with E-state index in [9.17, 15) is 0 Å². The van der Waals surface area contributed by atoms with Crippen molar-refractivity contribution in [2.75, 3.05) is 15.4 Å². The summed E-state index contributed by atoms with van der Waals surface area (Å²) in [6, 6.07) is 0. The van der Waals surface area contributed by atoms with Gasteiger partial charge in [0.25, 0.3) is 0 Å². The summed E-state index contributed by atoms with van der Waals surface area (Å²) < 4.78 is 4.14. The fourth-order valence-corrected chi connectivity index (χ4v) is 5.89. The van der Waals surface area contributed by atoms with Crippen LogP contribution in [0.4, 0.5) is 0 Å². The summed E-state index contributed by atoms with van der Waals surface area (Å²) in [4.78, 5) is 0. The molecule has 0 bridgehead atoms. The third-order valence-electron chi connectivity index (χ3n) is 1.19. The van der Waals surface area contributed by atoms with Gasteiger partial charge in [-0.2, -0.15) is 0 Å². The van der Waals surface area contributed by atoms with Gasteiger partial charge >= 0.3 is 51.8 Å². The van der Waals surface area contributed by atoms with Crippen LogP contribution in [0.1, 0.15) is 6.92 Å². The monoisotopic (exact) mass is 213 g/mol. The van der Waals surface area contributed by atoms with Crippen LogP contribution in [0, 0.1) is 0 Å². The first-order chi connectivity index (χ1) is 3.34. The number of alkyl halides is 3. The second-order valence-corrected chi connectivity index (χ2v) is 8.84. The molecule has 1 unspecified atom stereocenters. The third kappa shape index (κ3) is 1.57. The van der Waals surface area contributed by atoms with E-state index < -0.39 is 0 Å². The van der Waals surface area contributed by atoms with E-state index in [-0.39, 0.29) is 19.8 Å². The van der Waals surface area contributed by atoms with Gasteiger partial charge < -0.3 is 0 Å². The molecule has 7 heavy (non-hydrogen) atoms. The zero-order chi connectivity index (χ0) is 5.28. The average molecular weight is 213 g/mol.